The highest BCUT2D eigenvalue weighted by Crippen LogP contribution is 2.31. The Morgan fingerprint density at radius 1 is 1.26 bits per heavy atom. The van der Waals surface area contributed by atoms with Crippen LogP contribution in [-0.4, -0.2) is 45.2 Å². The van der Waals surface area contributed by atoms with Crippen molar-refractivity contribution >= 4 is 29.0 Å². The summed E-state index contributed by atoms with van der Waals surface area (Å²) in [6.45, 7) is 3.48. The van der Waals surface area contributed by atoms with Gasteiger partial charge in [0.1, 0.15) is 11.8 Å². The number of ether oxygens (including phenoxy) is 2. The van der Waals surface area contributed by atoms with Crippen LogP contribution in [0.3, 0.4) is 0 Å². The molecule has 3 heterocycles. The van der Waals surface area contributed by atoms with Crippen LogP contribution < -0.4 is 15.4 Å². The van der Waals surface area contributed by atoms with E-state index in [1.807, 2.05) is 0 Å². The molecule has 0 saturated heterocycles. The van der Waals surface area contributed by atoms with E-state index in [0.29, 0.717) is 22.5 Å². The summed E-state index contributed by atoms with van der Waals surface area (Å²) in [5.74, 6) is 0.351. The molecule has 2 amide bonds. The highest BCUT2D eigenvalue weighted by Gasteiger charge is 2.21. The number of hydrogen-bond donors (Lipinski definition) is 2. The van der Waals surface area contributed by atoms with Gasteiger partial charge in [-0.3, -0.25) is 4.98 Å². The number of nitriles is 1. The van der Waals surface area contributed by atoms with E-state index in [9.17, 15) is 10.1 Å². The van der Waals surface area contributed by atoms with Gasteiger partial charge in [-0.2, -0.15) is 20.4 Å². The van der Waals surface area contributed by atoms with Crippen LogP contribution in [-0.2, 0) is 4.74 Å². The predicted octanol–water partition coefficient (Wildman–Crippen LogP) is 3.25. The van der Waals surface area contributed by atoms with Crippen LogP contribution in [0.5, 0.6) is 5.88 Å². The second kappa shape index (κ2) is 9.38. The number of amides is 2. The third-order valence-corrected chi connectivity index (χ3v) is 4.68. The molecule has 3 rings (SSSR count). The molecule has 3 aromatic heterocycles. The Hall–Kier alpha value is -3.75. The lowest BCUT2D eigenvalue weighted by Gasteiger charge is -2.19. The van der Waals surface area contributed by atoms with Crippen LogP contribution in [0.1, 0.15) is 29.8 Å². The van der Waals surface area contributed by atoms with Crippen molar-refractivity contribution in [3.63, 3.8) is 0 Å². The third kappa shape index (κ3) is 4.55. The van der Waals surface area contributed by atoms with Gasteiger partial charge in [-0.05, 0) is 19.9 Å². The van der Waals surface area contributed by atoms with E-state index in [1.165, 1.54) is 43.7 Å². The molecule has 2 N–H and O–H groups in total. The maximum Gasteiger partial charge on any atom is 0.323 e. The fourth-order valence-corrected chi connectivity index (χ4v) is 3.08. The van der Waals surface area contributed by atoms with Gasteiger partial charge >= 0.3 is 6.03 Å². The molecule has 12 heteroatoms. The lowest BCUT2D eigenvalue weighted by molar-refractivity contribution is 0.120. The number of aromatic nitrogens is 5. The van der Waals surface area contributed by atoms with Crippen LogP contribution in [0.15, 0.2) is 24.7 Å². The maximum atomic E-state index is 12.7. The van der Waals surface area contributed by atoms with Crippen molar-refractivity contribution in [1.29, 1.82) is 5.26 Å². The number of aryl methyl sites for hydroxylation is 1. The van der Waals surface area contributed by atoms with Crippen molar-refractivity contribution < 1.29 is 14.3 Å². The number of urea groups is 1. The molecule has 0 aliphatic heterocycles. The number of rotatable bonds is 6. The summed E-state index contributed by atoms with van der Waals surface area (Å²) in [7, 11) is 2.92. The average Bonchev–Trinajstić information content (AvgIpc) is 3.29. The van der Waals surface area contributed by atoms with Crippen molar-refractivity contribution in [2.24, 2.45) is 0 Å². The van der Waals surface area contributed by atoms with E-state index < -0.39 is 12.1 Å². The van der Waals surface area contributed by atoms with Crippen LogP contribution in [0.25, 0.3) is 5.82 Å². The summed E-state index contributed by atoms with van der Waals surface area (Å²) in [5.41, 5.74) is 1.96. The summed E-state index contributed by atoms with van der Waals surface area (Å²) in [4.78, 5) is 22.4. The zero-order valence-corrected chi connectivity index (χ0v) is 17.9. The Balaban J connectivity index is 1.90. The van der Waals surface area contributed by atoms with Gasteiger partial charge < -0.3 is 20.1 Å². The monoisotopic (exact) mass is 442 g/mol. The standard InChI is InChI=1S/C19H19ClN8O3/c1-10-12(8-21)16(11(2)30-3)15(9-22-10)26-19(29)25-14-7-13(20)17(27-18(14)31-4)28-23-5-6-24-28/h5-7,9,11H,1-4H3,(H2,25,26,29). The molecular formula is C19H19ClN8O3. The molecule has 0 saturated carbocycles. The maximum absolute atomic E-state index is 12.7. The molecule has 31 heavy (non-hydrogen) atoms. The molecule has 3 aromatic rings. The Kier molecular flexibility index (Phi) is 6.64. The van der Waals surface area contributed by atoms with Gasteiger partial charge in [0, 0.05) is 12.7 Å². The molecule has 1 unspecified atom stereocenters. The topological polar surface area (TPSA) is 140 Å². The first-order valence-corrected chi connectivity index (χ1v) is 9.39. The Morgan fingerprint density at radius 3 is 2.55 bits per heavy atom. The Bertz CT molecular complexity index is 1140. The van der Waals surface area contributed by atoms with Gasteiger partial charge in [-0.15, -0.1) is 4.80 Å². The van der Waals surface area contributed by atoms with Crippen molar-refractivity contribution in [1.82, 2.24) is 25.0 Å². The first kappa shape index (κ1) is 21.9. The molecular weight excluding hydrogens is 424 g/mol. The van der Waals surface area contributed by atoms with E-state index in [1.54, 1.807) is 13.8 Å². The lowest BCUT2D eigenvalue weighted by Crippen LogP contribution is -2.22. The van der Waals surface area contributed by atoms with E-state index in [2.05, 4.69) is 36.9 Å². The molecule has 0 aliphatic carbocycles. The summed E-state index contributed by atoms with van der Waals surface area (Å²) in [6.07, 6.45) is 3.98. The van der Waals surface area contributed by atoms with E-state index >= 15 is 0 Å². The smallest absolute Gasteiger partial charge is 0.323 e. The highest BCUT2D eigenvalue weighted by molar-refractivity contribution is 6.32. The number of hydrogen-bond acceptors (Lipinski definition) is 8. The first-order valence-electron chi connectivity index (χ1n) is 9.01. The number of nitrogens with zero attached hydrogens (tertiary/aromatic N) is 6. The number of nitrogens with one attached hydrogen (secondary N) is 2. The predicted molar refractivity (Wildman–Crippen MR) is 112 cm³/mol. The van der Waals surface area contributed by atoms with Crippen LogP contribution in [0, 0.1) is 18.3 Å². The normalized spacial score (nSPS) is 11.5. The van der Waals surface area contributed by atoms with Gasteiger partial charge in [-0.25, -0.2) is 4.79 Å². The fraction of sp³-hybridized carbons (Fsp3) is 0.263. The highest BCUT2D eigenvalue weighted by atomic mass is 35.5. The molecule has 160 valence electrons. The van der Waals surface area contributed by atoms with E-state index in [-0.39, 0.29) is 22.4 Å². The largest absolute Gasteiger partial charge is 0.479 e. The van der Waals surface area contributed by atoms with Gasteiger partial charge in [0.15, 0.2) is 5.82 Å². The third-order valence-electron chi connectivity index (χ3n) is 4.40. The summed E-state index contributed by atoms with van der Waals surface area (Å²) in [5, 5.41) is 23.0. The van der Waals surface area contributed by atoms with E-state index in [0.717, 1.165) is 0 Å². The number of pyridine rings is 2. The van der Waals surface area contributed by atoms with Gasteiger partial charge in [0.25, 0.3) is 0 Å². The molecule has 11 nitrogen and oxygen atoms in total. The molecule has 0 fully saturated rings. The molecule has 0 bridgehead atoms. The van der Waals surface area contributed by atoms with Crippen LogP contribution in [0.4, 0.5) is 16.2 Å². The summed E-state index contributed by atoms with van der Waals surface area (Å²) in [6, 6.07) is 2.97. The number of carbonyl (C=O) groups is 1. The number of anilines is 2. The number of halogens is 1. The SMILES string of the molecule is COc1nc(-n2nccn2)c(Cl)cc1NC(=O)Nc1cnc(C)c(C#N)c1C(C)OC. The Labute approximate surface area is 183 Å². The minimum absolute atomic E-state index is 0.108. The summed E-state index contributed by atoms with van der Waals surface area (Å²) >= 11 is 6.28. The minimum atomic E-state index is -0.611. The molecule has 0 aromatic carbocycles. The van der Waals surface area contributed by atoms with Gasteiger partial charge in [0.2, 0.25) is 5.88 Å². The number of methoxy groups -OCH3 is 2. The fourth-order valence-electron chi connectivity index (χ4n) is 2.86. The summed E-state index contributed by atoms with van der Waals surface area (Å²) < 4.78 is 10.6. The van der Waals surface area contributed by atoms with E-state index in [4.69, 9.17) is 21.1 Å². The van der Waals surface area contributed by atoms with Crippen molar-refractivity contribution in [3.05, 3.63) is 46.5 Å². The van der Waals surface area contributed by atoms with Crippen molar-refractivity contribution in [2.75, 3.05) is 24.9 Å². The van der Waals surface area contributed by atoms with Crippen molar-refractivity contribution in [2.45, 2.75) is 20.0 Å². The van der Waals surface area contributed by atoms with Crippen molar-refractivity contribution in [3.8, 4) is 17.8 Å². The van der Waals surface area contributed by atoms with Crippen LogP contribution in [0.2, 0.25) is 5.02 Å². The zero-order valence-electron chi connectivity index (χ0n) is 17.2. The first-order chi connectivity index (χ1) is 14.9. The quantitative estimate of drug-likeness (QED) is 0.592. The van der Waals surface area contributed by atoms with Gasteiger partial charge in [-0.1, -0.05) is 11.6 Å². The molecule has 0 spiro atoms. The molecule has 1 atom stereocenters. The number of carbonyl (C=O) groups excluding carboxylic acids is 1. The van der Waals surface area contributed by atoms with Crippen LogP contribution >= 0.6 is 11.6 Å². The van der Waals surface area contributed by atoms with Gasteiger partial charge in [0.05, 0.1) is 53.8 Å². The minimum Gasteiger partial charge on any atom is -0.479 e. The molecule has 0 radical (unpaired) electrons. The second-order valence-electron chi connectivity index (χ2n) is 6.28. The molecule has 0 aliphatic rings. The zero-order chi connectivity index (χ0) is 22.5. The average molecular weight is 443 g/mol. The Morgan fingerprint density at radius 2 is 1.94 bits per heavy atom. The second-order valence-corrected chi connectivity index (χ2v) is 6.69. The lowest BCUT2D eigenvalue weighted by atomic mass is 10.0.